The van der Waals surface area contributed by atoms with Crippen molar-refractivity contribution in [2.45, 2.75) is 51.6 Å². The van der Waals surface area contributed by atoms with E-state index in [0.717, 1.165) is 23.2 Å². The molecule has 138 valence electrons. The SMILES string of the molecule is CC(C)[C@@H]1CC[C@@](C)(c2nc3c(c(=O)n(C)c(=O)n3C)n2C)C[C@H]1O. The standard InChI is InChI=1S/C18H28N4O3/c1-10(2)11-7-8-18(3,9-12(11)23)16-19-14-13(20(16)4)15(24)22(6)17(25)21(14)5/h10-12,23H,7-9H2,1-6H3/t11-,12+,18+/m0/s1. The average Bonchev–Trinajstić information content (AvgIpc) is 2.89. The summed E-state index contributed by atoms with van der Waals surface area (Å²) >= 11 is 0. The van der Waals surface area contributed by atoms with Gasteiger partial charge in [0, 0.05) is 26.6 Å². The lowest BCUT2D eigenvalue weighted by Crippen LogP contribution is -2.41. The number of imidazole rings is 1. The van der Waals surface area contributed by atoms with Crippen molar-refractivity contribution >= 4 is 11.2 Å². The maximum Gasteiger partial charge on any atom is 0.332 e. The minimum atomic E-state index is -0.384. The third kappa shape index (κ3) is 2.56. The number of hydrogen-bond donors (Lipinski definition) is 1. The summed E-state index contributed by atoms with van der Waals surface area (Å²) in [6.07, 6.45) is 2.06. The van der Waals surface area contributed by atoms with Gasteiger partial charge < -0.3 is 9.67 Å². The van der Waals surface area contributed by atoms with Crippen LogP contribution in [0.2, 0.25) is 0 Å². The minimum absolute atomic E-state index is 0.292. The van der Waals surface area contributed by atoms with Crippen molar-refractivity contribution < 1.29 is 5.11 Å². The average molecular weight is 348 g/mol. The van der Waals surface area contributed by atoms with Gasteiger partial charge in [-0.1, -0.05) is 20.8 Å². The van der Waals surface area contributed by atoms with E-state index < -0.39 is 0 Å². The van der Waals surface area contributed by atoms with Crippen molar-refractivity contribution in [3.63, 3.8) is 0 Å². The molecule has 0 saturated heterocycles. The first-order valence-electron chi connectivity index (χ1n) is 8.89. The number of aromatic nitrogens is 4. The van der Waals surface area contributed by atoms with E-state index in [0.29, 0.717) is 29.4 Å². The van der Waals surface area contributed by atoms with Crippen LogP contribution in [0.5, 0.6) is 0 Å². The zero-order valence-electron chi connectivity index (χ0n) is 15.9. The van der Waals surface area contributed by atoms with Crippen LogP contribution < -0.4 is 11.2 Å². The second kappa shape index (κ2) is 5.83. The van der Waals surface area contributed by atoms with Crippen molar-refractivity contribution in [3.8, 4) is 0 Å². The number of aryl methyl sites for hydroxylation is 2. The summed E-state index contributed by atoms with van der Waals surface area (Å²) in [7, 11) is 4.94. The Morgan fingerprint density at radius 1 is 1.16 bits per heavy atom. The molecule has 3 rings (SSSR count). The summed E-state index contributed by atoms with van der Waals surface area (Å²) < 4.78 is 4.33. The van der Waals surface area contributed by atoms with Crippen molar-refractivity contribution in [1.29, 1.82) is 0 Å². The fourth-order valence-corrected chi connectivity index (χ4v) is 4.43. The lowest BCUT2D eigenvalue weighted by Gasteiger charge is -2.41. The molecule has 3 atom stereocenters. The normalized spacial score (nSPS) is 27.4. The Hall–Kier alpha value is -1.89. The molecule has 2 aromatic rings. The van der Waals surface area contributed by atoms with Gasteiger partial charge in [0.15, 0.2) is 11.2 Å². The van der Waals surface area contributed by atoms with E-state index in [2.05, 4.69) is 25.8 Å². The first kappa shape index (κ1) is 17.9. The van der Waals surface area contributed by atoms with E-state index in [1.54, 1.807) is 11.6 Å². The highest BCUT2D eigenvalue weighted by molar-refractivity contribution is 5.71. The van der Waals surface area contributed by atoms with Gasteiger partial charge in [-0.05, 0) is 31.1 Å². The van der Waals surface area contributed by atoms with Crippen molar-refractivity contribution in [2.75, 3.05) is 0 Å². The maximum atomic E-state index is 12.6. The number of fused-ring (bicyclic) bond motifs is 1. The minimum Gasteiger partial charge on any atom is -0.393 e. The van der Waals surface area contributed by atoms with Crippen LogP contribution in [-0.2, 0) is 26.6 Å². The van der Waals surface area contributed by atoms with Gasteiger partial charge in [0.2, 0.25) is 0 Å². The molecule has 0 unspecified atom stereocenters. The second-order valence-electron chi connectivity index (χ2n) is 8.15. The molecule has 2 heterocycles. The van der Waals surface area contributed by atoms with E-state index in [1.165, 1.54) is 11.6 Å². The molecule has 0 bridgehead atoms. The maximum absolute atomic E-state index is 12.6. The molecule has 2 aromatic heterocycles. The summed E-state index contributed by atoms with van der Waals surface area (Å²) in [5, 5.41) is 10.6. The van der Waals surface area contributed by atoms with Crippen LogP contribution in [0.15, 0.2) is 9.59 Å². The van der Waals surface area contributed by atoms with Gasteiger partial charge in [0.25, 0.3) is 5.56 Å². The smallest absolute Gasteiger partial charge is 0.332 e. The van der Waals surface area contributed by atoms with Crippen LogP contribution in [0.25, 0.3) is 11.2 Å². The van der Waals surface area contributed by atoms with Gasteiger partial charge in [-0.3, -0.25) is 13.9 Å². The Balaban J connectivity index is 2.16. The molecule has 25 heavy (non-hydrogen) atoms. The van der Waals surface area contributed by atoms with Crippen LogP contribution in [0.3, 0.4) is 0 Å². The topological polar surface area (TPSA) is 82.0 Å². The van der Waals surface area contributed by atoms with E-state index in [4.69, 9.17) is 0 Å². The quantitative estimate of drug-likeness (QED) is 0.879. The van der Waals surface area contributed by atoms with Crippen LogP contribution >= 0.6 is 0 Å². The highest BCUT2D eigenvalue weighted by Crippen LogP contribution is 2.43. The van der Waals surface area contributed by atoms with E-state index in [9.17, 15) is 14.7 Å². The summed E-state index contributed by atoms with van der Waals surface area (Å²) in [4.78, 5) is 29.4. The lowest BCUT2D eigenvalue weighted by atomic mass is 9.67. The predicted molar refractivity (Wildman–Crippen MR) is 96.7 cm³/mol. The highest BCUT2D eigenvalue weighted by atomic mass is 16.3. The predicted octanol–water partition coefficient (Wildman–Crippen LogP) is 1.05. The highest BCUT2D eigenvalue weighted by Gasteiger charge is 2.42. The third-order valence-corrected chi connectivity index (χ3v) is 6.05. The molecule has 0 radical (unpaired) electrons. The molecule has 0 aromatic carbocycles. The summed E-state index contributed by atoms with van der Waals surface area (Å²) in [5.41, 5.74) is -0.191. The largest absolute Gasteiger partial charge is 0.393 e. The molecular formula is C18H28N4O3. The summed E-state index contributed by atoms with van der Waals surface area (Å²) in [5.74, 6) is 1.50. The zero-order chi connectivity index (χ0) is 18.7. The first-order valence-corrected chi connectivity index (χ1v) is 8.89. The molecule has 7 heteroatoms. The monoisotopic (exact) mass is 348 g/mol. The molecule has 1 aliphatic rings. The Kier molecular flexibility index (Phi) is 4.18. The van der Waals surface area contributed by atoms with E-state index >= 15 is 0 Å². The van der Waals surface area contributed by atoms with Gasteiger partial charge in [0.1, 0.15) is 5.82 Å². The van der Waals surface area contributed by atoms with Crippen LogP contribution in [0.1, 0.15) is 45.9 Å². The molecule has 1 saturated carbocycles. The van der Waals surface area contributed by atoms with E-state index in [-0.39, 0.29) is 22.8 Å². The van der Waals surface area contributed by atoms with Gasteiger partial charge in [-0.2, -0.15) is 0 Å². The van der Waals surface area contributed by atoms with Gasteiger partial charge in [-0.25, -0.2) is 9.78 Å². The number of rotatable bonds is 2. The number of hydrogen-bond acceptors (Lipinski definition) is 4. The van der Waals surface area contributed by atoms with Crippen molar-refractivity contribution in [1.82, 2.24) is 18.7 Å². The Morgan fingerprint density at radius 2 is 1.80 bits per heavy atom. The molecule has 1 N–H and O–H groups in total. The second-order valence-corrected chi connectivity index (χ2v) is 8.15. The summed E-state index contributed by atoms with van der Waals surface area (Å²) in [6, 6.07) is 0. The molecule has 1 fully saturated rings. The molecule has 1 aliphatic carbocycles. The third-order valence-electron chi connectivity index (χ3n) is 6.05. The first-order chi connectivity index (χ1) is 11.6. The fourth-order valence-electron chi connectivity index (χ4n) is 4.43. The van der Waals surface area contributed by atoms with E-state index in [1.807, 2.05) is 7.05 Å². The Morgan fingerprint density at radius 3 is 2.36 bits per heavy atom. The van der Waals surface area contributed by atoms with Gasteiger partial charge in [-0.15, -0.1) is 0 Å². The number of aliphatic hydroxyl groups is 1. The molecule has 7 nitrogen and oxygen atoms in total. The Bertz CT molecular complexity index is 936. The number of aliphatic hydroxyl groups excluding tert-OH is 1. The molecule has 0 amide bonds. The zero-order valence-corrected chi connectivity index (χ0v) is 15.9. The molecule has 0 spiro atoms. The van der Waals surface area contributed by atoms with Crippen molar-refractivity contribution in [2.24, 2.45) is 33.0 Å². The van der Waals surface area contributed by atoms with Crippen molar-refractivity contribution in [3.05, 3.63) is 26.7 Å². The fraction of sp³-hybridized carbons (Fsp3) is 0.722. The van der Waals surface area contributed by atoms with Crippen LogP contribution in [0.4, 0.5) is 0 Å². The van der Waals surface area contributed by atoms with Gasteiger partial charge >= 0.3 is 5.69 Å². The molecular weight excluding hydrogens is 320 g/mol. The van der Waals surface area contributed by atoms with Gasteiger partial charge in [0.05, 0.1) is 6.10 Å². The molecule has 0 aliphatic heterocycles. The Labute approximate surface area is 146 Å². The van der Waals surface area contributed by atoms with Crippen LogP contribution in [0, 0.1) is 11.8 Å². The lowest BCUT2D eigenvalue weighted by molar-refractivity contribution is 0.0126. The summed E-state index contributed by atoms with van der Waals surface area (Å²) in [6.45, 7) is 6.38. The van der Waals surface area contributed by atoms with Crippen LogP contribution in [-0.4, -0.2) is 29.9 Å². The number of nitrogens with zero attached hydrogens (tertiary/aromatic N) is 4.